The first-order valence-corrected chi connectivity index (χ1v) is 12.7. The van der Waals surface area contributed by atoms with Gasteiger partial charge in [0.05, 0.1) is 23.0 Å². The molecule has 2 aromatic rings. The summed E-state index contributed by atoms with van der Waals surface area (Å²) in [6.45, 7) is 1.39. The smallest absolute Gasteiger partial charge is 0.248 e. The number of benzene rings is 2. The highest BCUT2D eigenvalue weighted by molar-refractivity contribution is 7.89. The summed E-state index contributed by atoms with van der Waals surface area (Å²) in [5, 5.41) is 2.62. The third kappa shape index (κ3) is 5.61. The molecule has 1 saturated heterocycles. The minimum atomic E-state index is -3.61. The van der Waals surface area contributed by atoms with E-state index in [9.17, 15) is 21.6 Å². The zero-order valence-corrected chi connectivity index (χ0v) is 19.4. The molecule has 32 heavy (non-hydrogen) atoms. The first kappa shape index (κ1) is 24.1. The molecular formula is C21H25N3O6S2. The van der Waals surface area contributed by atoms with E-state index < -0.39 is 26.0 Å². The fourth-order valence-electron chi connectivity index (χ4n) is 2.99. The molecule has 1 fully saturated rings. The summed E-state index contributed by atoms with van der Waals surface area (Å²) in [5.74, 6) is -0.450. The molecule has 0 aliphatic carbocycles. The van der Waals surface area contributed by atoms with E-state index in [0.717, 1.165) is 4.31 Å². The molecule has 11 heteroatoms. The Morgan fingerprint density at radius 2 is 1.66 bits per heavy atom. The summed E-state index contributed by atoms with van der Waals surface area (Å²) in [7, 11) is -4.32. The van der Waals surface area contributed by atoms with E-state index in [1.807, 2.05) is 0 Å². The molecule has 1 N–H and O–H groups in total. The van der Waals surface area contributed by atoms with Gasteiger partial charge >= 0.3 is 0 Å². The topological polar surface area (TPSA) is 113 Å². The van der Waals surface area contributed by atoms with Gasteiger partial charge in [0, 0.05) is 38.9 Å². The maximum absolute atomic E-state index is 12.7. The maximum atomic E-state index is 12.7. The van der Waals surface area contributed by atoms with Crippen LogP contribution in [0.3, 0.4) is 0 Å². The Morgan fingerprint density at radius 3 is 2.28 bits per heavy atom. The van der Waals surface area contributed by atoms with E-state index in [4.69, 9.17) is 4.74 Å². The molecular weight excluding hydrogens is 454 g/mol. The molecule has 9 nitrogen and oxygen atoms in total. The van der Waals surface area contributed by atoms with E-state index in [1.54, 1.807) is 30.3 Å². The predicted octanol–water partition coefficient (Wildman–Crippen LogP) is 1.61. The van der Waals surface area contributed by atoms with Crippen LogP contribution >= 0.6 is 0 Å². The molecule has 2 aromatic carbocycles. The number of nitrogens with zero attached hydrogens (tertiary/aromatic N) is 2. The lowest BCUT2D eigenvalue weighted by Crippen LogP contribution is -2.40. The number of hydrogen-bond acceptors (Lipinski definition) is 6. The molecule has 0 bridgehead atoms. The van der Waals surface area contributed by atoms with Crippen molar-refractivity contribution in [3.05, 3.63) is 60.2 Å². The van der Waals surface area contributed by atoms with Gasteiger partial charge in [-0.2, -0.15) is 4.31 Å². The molecule has 0 aromatic heterocycles. The minimum Gasteiger partial charge on any atom is -0.379 e. The summed E-state index contributed by atoms with van der Waals surface area (Å²) in [4.78, 5) is 12.5. The lowest BCUT2D eigenvalue weighted by Gasteiger charge is -2.26. The van der Waals surface area contributed by atoms with Crippen LogP contribution in [0, 0.1) is 0 Å². The number of amides is 1. The Bertz CT molecular complexity index is 1200. The largest absolute Gasteiger partial charge is 0.379 e. The van der Waals surface area contributed by atoms with Crippen LogP contribution in [-0.2, 0) is 29.6 Å². The number of nitrogens with one attached hydrogen (secondary N) is 1. The first-order valence-electron chi connectivity index (χ1n) is 9.80. The fraction of sp³-hybridized carbons (Fsp3) is 0.286. The molecule has 0 saturated carbocycles. The van der Waals surface area contributed by atoms with E-state index in [2.05, 4.69) is 5.32 Å². The highest BCUT2D eigenvalue weighted by atomic mass is 32.2. The zero-order valence-electron chi connectivity index (χ0n) is 17.8. The van der Waals surface area contributed by atoms with Crippen molar-refractivity contribution in [1.29, 1.82) is 0 Å². The number of ether oxygens (including phenoxy) is 1. The van der Waals surface area contributed by atoms with Crippen LogP contribution in [0.25, 0.3) is 6.08 Å². The Morgan fingerprint density at radius 1 is 1.00 bits per heavy atom. The minimum absolute atomic E-state index is 0.0707. The van der Waals surface area contributed by atoms with Crippen molar-refractivity contribution in [2.24, 2.45) is 0 Å². The number of hydrogen-bond donors (Lipinski definition) is 1. The Labute approximate surface area is 188 Å². The molecule has 0 unspecified atom stereocenters. The summed E-state index contributed by atoms with van der Waals surface area (Å²) in [5.41, 5.74) is 0.986. The normalized spacial score (nSPS) is 15.8. The average molecular weight is 480 g/mol. The highest BCUT2D eigenvalue weighted by Crippen LogP contribution is 2.19. The summed E-state index contributed by atoms with van der Waals surface area (Å²) >= 11 is 0. The predicted molar refractivity (Wildman–Crippen MR) is 121 cm³/mol. The maximum Gasteiger partial charge on any atom is 0.248 e. The summed E-state index contributed by atoms with van der Waals surface area (Å²) < 4.78 is 57.4. The SMILES string of the molecule is CN(C)S(=O)(=O)c1cccc(NC(=O)C=Cc2ccc(S(=O)(=O)N3CCOCC3)cc2)c1. The van der Waals surface area contributed by atoms with Gasteiger partial charge in [-0.3, -0.25) is 4.79 Å². The molecule has 1 aliphatic rings. The average Bonchev–Trinajstić information content (AvgIpc) is 2.78. The Balaban J connectivity index is 1.66. The van der Waals surface area contributed by atoms with Gasteiger partial charge in [0.2, 0.25) is 26.0 Å². The molecule has 0 radical (unpaired) electrons. The van der Waals surface area contributed by atoms with Crippen LogP contribution in [0.15, 0.2) is 64.4 Å². The Hall–Kier alpha value is -2.57. The van der Waals surface area contributed by atoms with Gasteiger partial charge in [0.15, 0.2) is 0 Å². The lowest BCUT2D eigenvalue weighted by atomic mass is 10.2. The van der Waals surface area contributed by atoms with Gasteiger partial charge in [-0.05, 0) is 42.0 Å². The number of carbonyl (C=O) groups excluding carboxylic acids is 1. The van der Waals surface area contributed by atoms with Crippen LogP contribution in [0.1, 0.15) is 5.56 Å². The zero-order chi connectivity index (χ0) is 23.4. The number of sulfonamides is 2. The number of anilines is 1. The number of morpholine rings is 1. The lowest BCUT2D eigenvalue weighted by molar-refractivity contribution is -0.111. The van der Waals surface area contributed by atoms with Gasteiger partial charge in [0.1, 0.15) is 0 Å². The van der Waals surface area contributed by atoms with Crippen molar-refractivity contribution in [2.75, 3.05) is 45.7 Å². The van der Waals surface area contributed by atoms with E-state index in [1.165, 1.54) is 48.7 Å². The van der Waals surface area contributed by atoms with Crippen molar-refractivity contribution in [3.63, 3.8) is 0 Å². The van der Waals surface area contributed by atoms with Gasteiger partial charge in [-0.1, -0.05) is 18.2 Å². The number of rotatable bonds is 7. The quantitative estimate of drug-likeness (QED) is 0.604. The molecule has 0 atom stereocenters. The van der Waals surface area contributed by atoms with Crippen LogP contribution in [0.2, 0.25) is 0 Å². The third-order valence-corrected chi connectivity index (χ3v) is 8.52. The van der Waals surface area contributed by atoms with E-state index in [-0.39, 0.29) is 9.79 Å². The molecule has 1 amide bonds. The third-order valence-electron chi connectivity index (χ3n) is 4.80. The monoisotopic (exact) mass is 479 g/mol. The standard InChI is InChI=1S/C21H25N3O6S2/c1-23(2)31(26,27)20-5-3-4-18(16-20)22-21(25)11-8-17-6-9-19(10-7-17)32(28,29)24-12-14-30-15-13-24/h3-11,16H,12-15H2,1-2H3,(H,22,25). The Kier molecular flexibility index (Phi) is 7.47. The van der Waals surface area contributed by atoms with Crippen LogP contribution in [-0.4, -0.2) is 71.8 Å². The van der Waals surface area contributed by atoms with E-state index >= 15 is 0 Å². The van der Waals surface area contributed by atoms with Gasteiger partial charge in [0.25, 0.3) is 0 Å². The van der Waals surface area contributed by atoms with Crippen LogP contribution in [0.5, 0.6) is 0 Å². The van der Waals surface area contributed by atoms with Gasteiger partial charge < -0.3 is 10.1 Å². The van der Waals surface area contributed by atoms with Crippen molar-refractivity contribution in [2.45, 2.75) is 9.79 Å². The van der Waals surface area contributed by atoms with Crippen molar-refractivity contribution >= 4 is 37.7 Å². The van der Waals surface area contributed by atoms with E-state index in [0.29, 0.717) is 37.6 Å². The second-order valence-corrected chi connectivity index (χ2v) is 11.3. The van der Waals surface area contributed by atoms with Crippen molar-refractivity contribution < 1.29 is 26.4 Å². The summed E-state index contributed by atoms with van der Waals surface area (Å²) in [6.07, 6.45) is 2.83. The highest BCUT2D eigenvalue weighted by Gasteiger charge is 2.26. The molecule has 172 valence electrons. The van der Waals surface area contributed by atoms with Crippen LogP contribution < -0.4 is 5.32 Å². The molecule has 0 spiro atoms. The molecule has 1 aliphatic heterocycles. The van der Waals surface area contributed by atoms with Gasteiger partial charge in [-0.15, -0.1) is 0 Å². The fourth-order valence-corrected chi connectivity index (χ4v) is 5.34. The molecule has 3 rings (SSSR count). The summed E-state index contributed by atoms with van der Waals surface area (Å²) in [6, 6.07) is 12.2. The second kappa shape index (κ2) is 9.92. The first-order chi connectivity index (χ1) is 15.1. The van der Waals surface area contributed by atoms with Crippen LogP contribution in [0.4, 0.5) is 5.69 Å². The van der Waals surface area contributed by atoms with Crippen molar-refractivity contribution in [1.82, 2.24) is 8.61 Å². The second-order valence-electron chi connectivity index (χ2n) is 7.22. The molecule has 1 heterocycles. The van der Waals surface area contributed by atoms with Crippen molar-refractivity contribution in [3.8, 4) is 0 Å². The van der Waals surface area contributed by atoms with Gasteiger partial charge in [-0.25, -0.2) is 21.1 Å². The number of carbonyl (C=O) groups is 1.